The van der Waals surface area contributed by atoms with E-state index in [-0.39, 0.29) is 17.5 Å². The average Bonchev–Trinajstić information content (AvgIpc) is 2.57. The van der Waals surface area contributed by atoms with Gasteiger partial charge in [-0.2, -0.15) is 0 Å². The Morgan fingerprint density at radius 1 is 1.24 bits per heavy atom. The lowest BCUT2D eigenvalue weighted by molar-refractivity contribution is -0.142. The van der Waals surface area contributed by atoms with Crippen molar-refractivity contribution in [1.29, 1.82) is 0 Å². The molecule has 0 saturated carbocycles. The van der Waals surface area contributed by atoms with E-state index in [0.29, 0.717) is 5.56 Å². The fourth-order valence-electron chi connectivity index (χ4n) is 2.41. The summed E-state index contributed by atoms with van der Waals surface area (Å²) in [6.45, 7) is 1.64. The van der Waals surface area contributed by atoms with Gasteiger partial charge in [-0.15, -0.1) is 0 Å². The lowest BCUT2D eigenvalue weighted by atomic mass is 9.88. The quantitative estimate of drug-likeness (QED) is 0.837. The number of methoxy groups -OCH3 is 1. The maximum Gasteiger partial charge on any atom is 0.308 e. The van der Waals surface area contributed by atoms with Gasteiger partial charge in [-0.1, -0.05) is 12.1 Å². The lowest BCUT2D eigenvalue weighted by Gasteiger charge is -2.30. The van der Waals surface area contributed by atoms with Gasteiger partial charge in [-0.25, -0.2) is 4.39 Å². The summed E-state index contributed by atoms with van der Waals surface area (Å²) < 4.78 is 19.2. The first-order chi connectivity index (χ1) is 11.7. The van der Waals surface area contributed by atoms with Crippen molar-refractivity contribution in [1.82, 2.24) is 9.88 Å². The van der Waals surface area contributed by atoms with Crippen molar-refractivity contribution in [3.63, 3.8) is 0 Å². The first-order valence-electron chi connectivity index (χ1n) is 7.57. The van der Waals surface area contributed by atoms with E-state index in [1.54, 1.807) is 14.0 Å². The molecule has 1 N–H and O–H groups in total. The number of amides is 1. The van der Waals surface area contributed by atoms with Crippen molar-refractivity contribution < 1.29 is 18.7 Å². The van der Waals surface area contributed by atoms with E-state index >= 15 is 0 Å². The average molecular weight is 346 g/mol. The highest BCUT2D eigenvalue weighted by Crippen LogP contribution is 2.26. The lowest BCUT2D eigenvalue weighted by Crippen LogP contribution is -2.45. The number of aryl methyl sites for hydroxylation is 1. The van der Waals surface area contributed by atoms with Crippen LogP contribution in [0.5, 0.6) is 0 Å². The summed E-state index contributed by atoms with van der Waals surface area (Å²) in [5, 5.41) is 2.75. The Hall–Kier alpha value is -2.96. The molecule has 132 valence electrons. The summed E-state index contributed by atoms with van der Waals surface area (Å²) in [4.78, 5) is 36.0. The highest BCUT2D eigenvalue weighted by molar-refractivity contribution is 5.95. The smallest absolute Gasteiger partial charge is 0.308 e. The van der Waals surface area contributed by atoms with Gasteiger partial charge in [0.15, 0.2) is 0 Å². The fraction of sp³-hybridized carbons (Fsp3) is 0.278. The van der Waals surface area contributed by atoms with Crippen LogP contribution in [-0.2, 0) is 22.1 Å². The van der Waals surface area contributed by atoms with Crippen LogP contribution >= 0.6 is 0 Å². The number of hydrogen-bond donors (Lipinski definition) is 1. The van der Waals surface area contributed by atoms with Crippen LogP contribution in [0.25, 0.3) is 0 Å². The van der Waals surface area contributed by atoms with Crippen molar-refractivity contribution in [2.75, 3.05) is 7.11 Å². The summed E-state index contributed by atoms with van der Waals surface area (Å²) in [5.74, 6) is -1.48. The Morgan fingerprint density at radius 2 is 1.88 bits per heavy atom. The predicted octanol–water partition coefficient (Wildman–Crippen LogP) is 1.73. The number of ether oxygens (including phenoxy) is 1. The molecule has 2 rings (SSSR count). The van der Waals surface area contributed by atoms with Crippen LogP contribution < -0.4 is 10.9 Å². The number of carbonyl (C=O) groups excluding carboxylic acids is 2. The first kappa shape index (κ1) is 18.4. The van der Waals surface area contributed by atoms with Crippen molar-refractivity contribution in [2.24, 2.45) is 7.05 Å². The van der Waals surface area contributed by atoms with E-state index in [1.807, 2.05) is 0 Å². The van der Waals surface area contributed by atoms with Crippen molar-refractivity contribution in [3.8, 4) is 0 Å². The molecule has 1 aromatic heterocycles. The zero-order chi connectivity index (χ0) is 18.6. The molecule has 0 spiro atoms. The fourth-order valence-corrected chi connectivity index (χ4v) is 2.41. The molecule has 1 amide bonds. The van der Waals surface area contributed by atoms with Gasteiger partial charge in [0.2, 0.25) is 0 Å². The topological polar surface area (TPSA) is 77.4 Å². The summed E-state index contributed by atoms with van der Waals surface area (Å²) >= 11 is 0. The van der Waals surface area contributed by atoms with Gasteiger partial charge in [0, 0.05) is 24.9 Å². The van der Waals surface area contributed by atoms with Gasteiger partial charge in [0.1, 0.15) is 5.82 Å². The summed E-state index contributed by atoms with van der Waals surface area (Å²) in [5.41, 5.74) is -0.749. The van der Waals surface area contributed by atoms with Gasteiger partial charge in [-0.3, -0.25) is 14.4 Å². The standard InChI is InChI=1S/C18H19FN2O4/c1-18(11-16(23)25-3,13-4-6-14(19)7-5-13)20-17(24)12-8-9-21(2)15(22)10-12/h4-10H,11H2,1-3H3,(H,20,24)/t18-/m1/s1. The third-order valence-corrected chi connectivity index (χ3v) is 3.96. The first-order valence-corrected chi connectivity index (χ1v) is 7.57. The molecule has 25 heavy (non-hydrogen) atoms. The SMILES string of the molecule is COC(=O)C[C@@](C)(NC(=O)c1ccn(C)c(=O)c1)c1ccc(F)cc1. The Kier molecular flexibility index (Phi) is 5.36. The molecular formula is C18H19FN2O4. The van der Waals surface area contributed by atoms with E-state index in [4.69, 9.17) is 4.74 Å². The molecule has 0 unspecified atom stereocenters. The molecule has 2 aromatic rings. The van der Waals surface area contributed by atoms with Crippen LogP contribution in [-0.4, -0.2) is 23.6 Å². The van der Waals surface area contributed by atoms with Crippen LogP contribution in [0.15, 0.2) is 47.4 Å². The largest absolute Gasteiger partial charge is 0.469 e. The van der Waals surface area contributed by atoms with Gasteiger partial charge < -0.3 is 14.6 Å². The number of carbonyl (C=O) groups is 2. The van der Waals surface area contributed by atoms with Crippen LogP contribution in [0.3, 0.4) is 0 Å². The molecular weight excluding hydrogens is 327 g/mol. The molecule has 1 atom stereocenters. The van der Waals surface area contributed by atoms with E-state index in [1.165, 1.54) is 54.3 Å². The van der Waals surface area contributed by atoms with Crippen molar-refractivity contribution in [3.05, 3.63) is 69.9 Å². The molecule has 0 saturated heterocycles. The van der Waals surface area contributed by atoms with Crippen LogP contribution in [0.2, 0.25) is 0 Å². The zero-order valence-corrected chi connectivity index (χ0v) is 14.2. The highest BCUT2D eigenvalue weighted by Gasteiger charge is 2.32. The number of halogens is 1. The van der Waals surface area contributed by atoms with Gasteiger partial charge in [0.25, 0.3) is 11.5 Å². The summed E-state index contributed by atoms with van der Waals surface area (Å²) in [7, 11) is 2.82. The minimum absolute atomic E-state index is 0.147. The summed E-state index contributed by atoms with van der Waals surface area (Å²) in [6, 6.07) is 8.17. The number of rotatable bonds is 5. The maximum atomic E-state index is 13.2. The number of pyridine rings is 1. The normalized spacial score (nSPS) is 13.0. The Bertz CT molecular complexity index is 845. The third-order valence-electron chi connectivity index (χ3n) is 3.96. The maximum absolute atomic E-state index is 13.2. The molecule has 0 aliphatic rings. The predicted molar refractivity (Wildman–Crippen MR) is 89.5 cm³/mol. The molecule has 0 aliphatic heterocycles. The Labute approximate surface area is 144 Å². The monoisotopic (exact) mass is 346 g/mol. The van der Waals surface area contributed by atoms with E-state index < -0.39 is 23.2 Å². The summed E-state index contributed by atoms with van der Waals surface area (Å²) in [6.07, 6.45) is 1.33. The second-order valence-electron chi connectivity index (χ2n) is 5.91. The minimum Gasteiger partial charge on any atom is -0.469 e. The minimum atomic E-state index is -1.13. The molecule has 6 nitrogen and oxygen atoms in total. The third kappa shape index (κ3) is 4.32. The number of aromatic nitrogens is 1. The van der Waals surface area contributed by atoms with Gasteiger partial charge in [-0.05, 0) is 30.7 Å². The van der Waals surface area contributed by atoms with E-state index in [2.05, 4.69) is 5.32 Å². The van der Waals surface area contributed by atoms with Crippen molar-refractivity contribution >= 4 is 11.9 Å². The Balaban J connectivity index is 2.36. The Morgan fingerprint density at radius 3 is 2.44 bits per heavy atom. The second kappa shape index (κ2) is 7.29. The van der Waals surface area contributed by atoms with Crippen LogP contribution in [0, 0.1) is 5.82 Å². The highest BCUT2D eigenvalue weighted by atomic mass is 19.1. The van der Waals surface area contributed by atoms with E-state index in [9.17, 15) is 18.8 Å². The van der Waals surface area contributed by atoms with Crippen LogP contribution in [0.4, 0.5) is 4.39 Å². The molecule has 1 heterocycles. The molecule has 1 aromatic carbocycles. The van der Waals surface area contributed by atoms with Gasteiger partial charge in [0.05, 0.1) is 19.1 Å². The van der Waals surface area contributed by atoms with Crippen LogP contribution in [0.1, 0.15) is 29.3 Å². The number of benzene rings is 1. The second-order valence-corrected chi connectivity index (χ2v) is 5.91. The molecule has 7 heteroatoms. The number of nitrogens with one attached hydrogen (secondary N) is 1. The number of esters is 1. The van der Waals surface area contributed by atoms with Crippen molar-refractivity contribution in [2.45, 2.75) is 18.9 Å². The van der Waals surface area contributed by atoms with Gasteiger partial charge >= 0.3 is 5.97 Å². The van der Waals surface area contributed by atoms with E-state index in [0.717, 1.165) is 0 Å². The molecule has 0 fully saturated rings. The zero-order valence-electron chi connectivity index (χ0n) is 14.2. The number of hydrogen-bond acceptors (Lipinski definition) is 4. The molecule has 0 bridgehead atoms. The molecule has 0 radical (unpaired) electrons. The number of nitrogens with zero attached hydrogens (tertiary/aromatic N) is 1. The molecule has 0 aliphatic carbocycles.